The first-order valence-electron chi connectivity index (χ1n) is 23.8. The van der Waals surface area contributed by atoms with Gasteiger partial charge in [-0.2, -0.15) is 0 Å². The summed E-state index contributed by atoms with van der Waals surface area (Å²) in [5, 5.41) is 29.8. The van der Waals surface area contributed by atoms with Gasteiger partial charge < -0.3 is 29.5 Å². The van der Waals surface area contributed by atoms with Gasteiger partial charge in [-0.05, 0) is 194 Å². The Hall–Kier alpha value is -10.1. The first kappa shape index (κ1) is 52.8. The van der Waals surface area contributed by atoms with E-state index in [1.807, 2.05) is 0 Å². The molecule has 0 heterocycles. The predicted molar refractivity (Wildman–Crippen MR) is 291 cm³/mol. The Kier molecular flexibility index (Phi) is 15.7. The third-order valence-corrected chi connectivity index (χ3v) is 15.5. The van der Waals surface area contributed by atoms with Gasteiger partial charge in [0.25, 0.3) is 0 Å². The highest BCUT2D eigenvalue weighted by Crippen LogP contribution is 2.32. The number of hydrogen-bond donors (Lipinski definition) is 3. The van der Waals surface area contributed by atoms with Crippen molar-refractivity contribution in [1.82, 2.24) is 0 Å². The molecule has 78 heavy (non-hydrogen) atoms. The second-order valence-corrected chi connectivity index (χ2v) is 21.1. The van der Waals surface area contributed by atoms with Crippen LogP contribution in [0.3, 0.4) is 0 Å². The number of rotatable bonds is 16. The number of para-hydroxylation sites is 3. The average Bonchev–Trinajstić information content (AvgIpc) is 3.51. The summed E-state index contributed by atoms with van der Waals surface area (Å²) in [6, 6.07) is 64.6. The van der Waals surface area contributed by atoms with Gasteiger partial charge in [-0.3, -0.25) is 14.4 Å². The number of phenols is 3. The number of sulfone groups is 2. The molecule has 0 bridgehead atoms. The number of carbonyl (C=O) groups is 3. The number of aromatic hydroxyl groups is 3. The number of carbonyl (C=O) groups excluding carboxylic acids is 3. The van der Waals surface area contributed by atoms with Gasteiger partial charge >= 0.3 is 0 Å². The van der Waals surface area contributed by atoms with Gasteiger partial charge in [0.15, 0.2) is 17.3 Å². The molecule has 0 saturated carbocycles. The Labute approximate surface area is 449 Å². The molecule has 0 aliphatic rings. The highest BCUT2D eigenvalue weighted by Gasteiger charge is 2.21. The maximum atomic E-state index is 13.3. The van der Waals surface area contributed by atoms with E-state index in [4.69, 9.17) is 14.2 Å². The highest BCUT2D eigenvalue weighted by molar-refractivity contribution is 7.91. The number of phenolic OH excluding ortho intramolecular Hbond substituents is 3. The summed E-state index contributed by atoms with van der Waals surface area (Å²) in [7, 11) is -7.42. The Balaban J connectivity index is 0.000000206. The van der Waals surface area contributed by atoms with Crippen LogP contribution in [0.1, 0.15) is 47.8 Å². The second-order valence-electron chi connectivity index (χ2n) is 17.2. The van der Waals surface area contributed by atoms with Crippen LogP contribution in [0, 0.1) is 0 Å². The molecule has 0 spiro atoms. The molecule has 386 valence electrons. The van der Waals surface area contributed by atoms with Gasteiger partial charge in [-0.15, -0.1) is 0 Å². The zero-order chi connectivity index (χ0) is 54.8. The summed E-state index contributed by atoms with van der Waals surface area (Å²) in [6.07, 6.45) is 0. The molecule has 0 aromatic heterocycles. The fourth-order valence-electron chi connectivity index (χ4n) is 7.83. The highest BCUT2D eigenvalue weighted by atomic mass is 32.2. The van der Waals surface area contributed by atoms with E-state index in [2.05, 4.69) is 0 Å². The van der Waals surface area contributed by atoms with E-state index in [0.717, 1.165) is 0 Å². The monoisotopic (exact) mass is 1070 g/mol. The zero-order valence-corrected chi connectivity index (χ0v) is 42.5. The first-order valence-corrected chi connectivity index (χ1v) is 26.8. The SMILES string of the molecule is O=C(c1ccc(Oc2ccc(S(=O)(=O)c3ccc(Oc4ccc(C(=O)c5ccccc5O)cc4)cc3)cc2)cc1)c1ccccc1O.O=C(c1ccc(Oc2ccc(S(=O)(=O)c3ccccc3)cc2)cc1)c1ccccc1O. The summed E-state index contributed by atoms with van der Waals surface area (Å²) in [4.78, 5) is 38.5. The van der Waals surface area contributed by atoms with Crippen molar-refractivity contribution in [2.24, 2.45) is 0 Å². The van der Waals surface area contributed by atoms with E-state index in [-0.39, 0.29) is 70.9 Å². The van der Waals surface area contributed by atoms with Crippen LogP contribution >= 0.6 is 0 Å². The molecule has 0 amide bonds. The van der Waals surface area contributed by atoms with Crippen LogP contribution in [0.4, 0.5) is 0 Å². The van der Waals surface area contributed by atoms with Gasteiger partial charge in [0.2, 0.25) is 19.7 Å². The average molecular weight is 1070 g/mol. The molecule has 15 heteroatoms. The lowest BCUT2D eigenvalue weighted by molar-refractivity contribution is 0.102. The second kappa shape index (κ2) is 23.2. The van der Waals surface area contributed by atoms with Crippen LogP contribution in [0.2, 0.25) is 0 Å². The van der Waals surface area contributed by atoms with Crippen molar-refractivity contribution in [2.45, 2.75) is 19.6 Å². The van der Waals surface area contributed by atoms with Gasteiger partial charge in [-0.1, -0.05) is 54.6 Å². The van der Waals surface area contributed by atoms with E-state index in [0.29, 0.717) is 51.2 Å². The fourth-order valence-corrected chi connectivity index (χ4v) is 10.4. The molecule has 0 aliphatic heterocycles. The zero-order valence-electron chi connectivity index (χ0n) is 40.9. The largest absolute Gasteiger partial charge is 0.507 e. The van der Waals surface area contributed by atoms with Crippen molar-refractivity contribution >= 4 is 37.0 Å². The minimum Gasteiger partial charge on any atom is -0.507 e. The van der Waals surface area contributed by atoms with E-state index in [1.165, 1.54) is 54.6 Å². The molecule has 0 unspecified atom stereocenters. The summed E-state index contributed by atoms with van der Waals surface area (Å²) in [6.45, 7) is 0. The quantitative estimate of drug-likeness (QED) is 0.0771. The van der Waals surface area contributed by atoms with Crippen LogP contribution in [0.25, 0.3) is 0 Å². The molecular weight excluding hydrogens is 1030 g/mol. The molecule has 3 N–H and O–H groups in total. The summed E-state index contributed by atoms with van der Waals surface area (Å²) >= 11 is 0. The van der Waals surface area contributed by atoms with Gasteiger partial charge in [0.1, 0.15) is 51.7 Å². The van der Waals surface area contributed by atoms with Crippen LogP contribution in [-0.4, -0.2) is 49.5 Å². The molecule has 10 aromatic carbocycles. The molecule has 13 nitrogen and oxygen atoms in total. The normalized spacial score (nSPS) is 11.1. The van der Waals surface area contributed by atoms with Gasteiger partial charge in [-0.25, -0.2) is 16.8 Å². The molecule has 0 fully saturated rings. The summed E-state index contributed by atoms with van der Waals surface area (Å²) < 4.78 is 69.3. The molecule has 10 aromatic rings. The Morgan fingerprint density at radius 3 is 0.705 bits per heavy atom. The van der Waals surface area contributed by atoms with E-state index < -0.39 is 19.7 Å². The lowest BCUT2D eigenvalue weighted by atomic mass is 10.0. The smallest absolute Gasteiger partial charge is 0.206 e. The summed E-state index contributed by atoms with van der Waals surface area (Å²) in [5.41, 5.74) is 1.81. The van der Waals surface area contributed by atoms with Crippen molar-refractivity contribution < 1.29 is 60.7 Å². The lowest BCUT2D eigenvalue weighted by Crippen LogP contribution is -2.02. The van der Waals surface area contributed by atoms with Crippen molar-refractivity contribution in [3.8, 4) is 51.7 Å². The Bertz CT molecular complexity index is 3850. The fraction of sp³-hybridized carbons (Fsp3) is 0. The van der Waals surface area contributed by atoms with E-state index >= 15 is 0 Å². The predicted octanol–water partition coefficient (Wildman–Crippen LogP) is 13.2. The topological polar surface area (TPSA) is 208 Å². The minimum absolute atomic E-state index is 0.0710. The summed E-state index contributed by atoms with van der Waals surface area (Å²) in [5.74, 6) is 1.46. The van der Waals surface area contributed by atoms with Crippen molar-refractivity contribution in [3.63, 3.8) is 0 Å². The standard InChI is InChI=1S/C38H26O8S.C25H18O5S/c39-35-7-3-1-5-33(35)37(41)25-9-13-27(14-10-25)45-29-17-21-31(22-18-29)47(43,44)32-23-19-30(20-24-32)46-28-15-11-26(12-16-28)38(42)34-6-2-4-8-36(34)40;26-24-9-5-4-8-23(24)25(27)18-10-12-19(13-11-18)30-20-14-16-22(17-15-20)31(28,29)21-6-2-1-3-7-21/h1-24,39-40H;1-17,26H. The maximum Gasteiger partial charge on any atom is 0.206 e. The molecule has 0 atom stereocenters. The van der Waals surface area contributed by atoms with Crippen molar-refractivity contribution in [3.05, 3.63) is 282 Å². The van der Waals surface area contributed by atoms with Crippen LogP contribution in [0.5, 0.6) is 51.7 Å². The van der Waals surface area contributed by atoms with Crippen molar-refractivity contribution in [2.75, 3.05) is 0 Å². The molecule has 0 radical (unpaired) electrons. The van der Waals surface area contributed by atoms with Crippen LogP contribution < -0.4 is 14.2 Å². The maximum absolute atomic E-state index is 13.3. The lowest BCUT2D eigenvalue weighted by Gasteiger charge is -2.10. The number of hydrogen-bond acceptors (Lipinski definition) is 13. The number of benzene rings is 10. The van der Waals surface area contributed by atoms with E-state index in [9.17, 15) is 46.5 Å². The number of ether oxygens (including phenoxy) is 3. The third-order valence-electron chi connectivity index (χ3n) is 12.0. The van der Waals surface area contributed by atoms with Crippen molar-refractivity contribution in [1.29, 1.82) is 0 Å². The van der Waals surface area contributed by atoms with Crippen LogP contribution in [0.15, 0.2) is 268 Å². The van der Waals surface area contributed by atoms with E-state index in [1.54, 1.807) is 194 Å². The van der Waals surface area contributed by atoms with Gasteiger partial charge in [0, 0.05) is 16.7 Å². The Morgan fingerprint density at radius 2 is 0.462 bits per heavy atom. The Morgan fingerprint density at radius 1 is 0.256 bits per heavy atom. The van der Waals surface area contributed by atoms with Crippen LogP contribution in [-0.2, 0) is 19.7 Å². The molecular formula is C63H44O13S2. The number of ketones is 3. The third kappa shape index (κ3) is 12.2. The molecule has 0 aliphatic carbocycles. The minimum atomic E-state index is -3.84. The molecule has 10 rings (SSSR count). The van der Waals surface area contributed by atoms with Gasteiger partial charge in [0.05, 0.1) is 36.3 Å². The first-order chi connectivity index (χ1) is 37.6. The molecule has 0 saturated heterocycles.